The molecule has 0 saturated heterocycles. The SMILES string of the molecule is Cc1nc(NC(=O)c2ccccc2)c2ncn(C)c2n1. The van der Waals surface area contributed by atoms with Crippen LogP contribution in [-0.4, -0.2) is 25.4 Å². The molecule has 0 spiro atoms. The summed E-state index contributed by atoms with van der Waals surface area (Å²) < 4.78 is 1.79. The van der Waals surface area contributed by atoms with E-state index in [0.29, 0.717) is 28.4 Å². The van der Waals surface area contributed by atoms with Gasteiger partial charge in [0.05, 0.1) is 6.33 Å². The minimum atomic E-state index is -0.212. The van der Waals surface area contributed by atoms with Crippen molar-refractivity contribution in [3.05, 3.63) is 48.0 Å². The van der Waals surface area contributed by atoms with Crippen molar-refractivity contribution in [1.82, 2.24) is 19.5 Å². The van der Waals surface area contributed by atoms with Crippen molar-refractivity contribution in [1.29, 1.82) is 0 Å². The molecule has 0 bridgehead atoms. The van der Waals surface area contributed by atoms with Crippen LogP contribution in [0.4, 0.5) is 5.82 Å². The van der Waals surface area contributed by atoms with Crippen molar-refractivity contribution < 1.29 is 4.79 Å². The first-order valence-corrected chi connectivity index (χ1v) is 6.17. The number of nitrogens with zero attached hydrogens (tertiary/aromatic N) is 4. The number of anilines is 1. The molecule has 1 aromatic carbocycles. The molecule has 0 aliphatic carbocycles. The Morgan fingerprint density at radius 3 is 2.70 bits per heavy atom. The number of imidazole rings is 1. The van der Waals surface area contributed by atoms with Crippen molar-refractivity contribution >= 4 is 22.9 Å². The first kappa shape index (κ1) is 12.3. The topological polar surface area (TPSA) is 72.7 Å². The second-order valence-electron chi connectivity index (χ2n) is 4.47. The van der Waals surface area contributed by atoms with Crippen molar-refractivity contribution in [2.24, 2.45) is 7.05 Å². The van der Waals surface area contributed by atoms with Gasteiger partial charge in [-0.2, -0.15) is 0 Å². The monoisotopic (exact) mass is 267 g/mol. The Balaban J connectivity index is 2.01. The molecule has 0 aliphatic rings. The van der Waals surface area contributed by atoms with Gasteiger partial charge < -0.3 is 9.88 Å². The summed E-state index contributed by atoms with van der Waals surface area (Å²) in [5.41, 5.74) is 1.86. The van der Waals surface area contributed by atoms with Crippen LogP contribution in [0.2, 0.25) is 0 Å². The van der Waals surface area contributed by atoms with Gasteiger partial charge in [-0.15, -0.1) is 0 Å². The molecule has 2 aromatic heterocycles. The molecule has 20 heavy (non-hydrogen) atoms. The number of carbonyl (C=O) groups is 1. The molecule has 0 unspecified atom stereocenters. The van der Waals surface area contributed by atoms with E-state index in [9.17, 15) is 4.79 Å². The lowest BCUT2D eigenvalue weighted by molar-refractivity contribution is 0.102. The van der Waals surface area contributed by atoms with Crippen molar-refractivity contribution in [2.75, 3.05) is 5.32 Å². The fourth-order valence-electron chi connectivity index (χ4n) is 1.97. The highest BCUT2D eigenvalue weighted by Crippen LogP contribution is 2.18. The maximum atomic E-state index is 12.2. The molecule has 0 atom stereocenters. The highest BCUT2D eigenvalue weighted by atomic mass is 16.1. The van der Waals surface area contributed by atoms with Crippen molar-refractivity contribution in [3.63, 3.8) is 0 Å². The summed E-state index contributed by atoms with van der Waals surface area (Å²) in [5.74, 6) is 0.807. The van der Waals surface area contributed by atoms with E-state index in [0.717, 1.165) is 0 Å². The number of rotatable bonds is 2. The minimum absolute atomic E-state index is 0.212. The van der Waals surface area contributed by atoms with E-state index in [1.165, 1.54) is 0 Å². The van der Waals surface area contributed by atoms with Gasteiger partial charge in [-0.1, -0.05) is 18.2 Å². The number of amides is 1. The largest absolute Gasteiger partial charge is 0.318 e. The zero-order valence-electron chi connectivity index (χ0n) is 11.2. The minimum Gasteiger partial charge on any atom is -0.318 e. The van der Waals surface area contributed by atoms with Gasteiger partial charge in [-0.05, 0) is 19.1 Å². The average Bonchev–Trinajstić information content (AvgIpc) is 2.81. The lowest BCUT2D eigenvalue weighted by atomic mass is 10.2. The summed E-state index contributed by atoms with van der Waals surface area (Å²) in [6, 6.07) is 8.99. The van der Waals surface area contributed by atoms with Crippen LogP contribution in [0.1, 0.15) is 16.2 Å². The van der Waals surface area contributed by atoms with Gasteiger partial charge in [0, 0.05) is 12.6 Å². The van der Waals surface area contributed by atoms with Crippen LogP contribution >= 0.6 is 0 Å². The Kier molecular flexibility index (Phi) is 2.90. The molecule has 0 fully saturated rings. The predicted molar refractivity (Wildman–Crippen MR) is 75.4 cm³/mol. The number of hydrogen-bond donors (Lipinski definition) is 1. The first-order chi connectivity index (χ1) is 9.65. The Hall–Kier alpha value is -2.76. The van der Waals surface area contributed by atoms with Crippen LogP contribution in [0.15, 0.2) is 36.7 Å². The average molecular weight is 267 g/mol. The maximum absolute atomic E-state index is 12.2. The lowest BCUT2D eigenvalue weighted by Crippen LogP contribution is -2.14. The number of aromatic nitrogens is 4. The zero-order valence-corrected chi connectivity index (χ0v) is 11.2. The van der Waals surface area contributed by atoms with Crippen LogP contribution in [0, 0.1) is 6.92 Å². The van der Waals surface area contributed by atoms with E-state index in [-0.39, 0.29) is 5.91 Å². The predicted octanol–water partition coefficient (Wildman–Crippen LogP) is 1.92. The van der Waals surface area contributed by atoms with Crippen LogP contribution in [0.3, 0.4) is 0 Å². The van der Waals surface area contributed by atoms with Gasteiger partial charge in [0.1, 0.15) is 5.82 Å². The molecule has 3 aromatic rings. The molecular formula is C14H13N5O. The molecule has 0 radical (unpaired) electrons. The van der Waals surface area contributed by atoms with Crippen LogP contribution < -0.4 is 5.32 Å². The highest BCUT2D eigenvalue weighted by Gasteiger charge is 2.13. The smallest absolute Gasteiger partial charge is 0.256 e. The Morgan fingerprint density at radius 2 is 1.95 bits per heavy atom. The van der Waals surface area contributed by atoms with E-state index in [4.69, 9.17) is 0 Å². The fourth-order valence-corrected chi connectivity index (χ4v) is 1.97. The lowest BCUT2D eigenvalue weighted by Gasteiger charge is -2.06. The molecule has 6 heteroatoms. The summed E-state index contributed by atoms with van der Waals surface area (Å²) in [6.07, 6.45) is 1.65. The molecule has 1 N–H and O–H groups in total. The number of benzene rings is 1. The van der Waals surface area contributed by atoms with Crippen LogP contribution in [-0.2, 0) is 7.05 Å². The van der Waals surface area contributed by atoms with E-state index in [1.807, 2.05) is 25.2 Å². The van der Waals surface area contributed by atoms with Gasteiger partial charge in [0.2, 0.25) is 0 Å². The number of hydrogen-bond acceptors (Lipinski definition) is 4. The van der Waals surface area contributed by atoms with Crippen molar-refractivity contribution in [2.45, 2.75) is 6.92 Å². The molecule has 2 heterocycles. The van der Waals surface area contributed by atoms with E-state index in [2.05, 4.69) is 20.3 Å². The van der Waals surface area contributed by atoms with Crippen LogP contribution in [0.5, 0.6) is 0 Å². The Bertz CT molecular complexity index is 779. The standard InChI is InChI=1S/C14H13N5O/c1-9-16-12(11-13(17-9)19(2)8-15-11)18-14(20)10-6-4-3-5-7-10/h3-8H,1-2H3,(H,16,17,18,20). The molecule has 1 amide bonds. The molecule has 0 aliphatic heterocycles. The second kappa shape index (κ2) is 4.73. The van der Waals surface area contributed by atoms with Gasteiger partial charge in [0.25, 0.3) is 5.91 Å². The van der Waals surface area contributed by atoms with Gasteiger partial charge in [-0.25, -0.2) is 15.0 Å². The number of aryl methyl sites for hydroxylation is 2. The van der Waals surface area contributed by atoms with Gasteiger partial charge in [0.15, 0.2) is 17.0 Å². The second-order valence-corrected chi connectivity index (χ2v) is 4.47. The Morgan fingerprint density at radius 1 is 1.20 bits per heavy atom. The molecule has 0 saturated carbocycles. The normalized spacial score (nSPS) is 10.7. The summed E-state index contributed by atoms with van der Waals surface area (Å²) in [4.78, 5) is 25.0. The molecular weight excluding hydrogens is 254 g/mol. The molecule has 6 nitrogen and oxygen atoms in total. The number of nitrogens with one attached hydrogen (secondary N) is 1. The molecule has 100 valence electrons. The highest BCUT2D eigenvalue weighted by molar-refractivity contribution is 6.06. The summed E-state index contributed by atoms with van der Waals surface area (Å²) >= 11 is 0. The summed E-state index contributed by atoms with van der Waals surface area (Å²) in [5, 5.41) is 2.79. The van der Waals surface area contributed by atoms with Crippen LogP contribution in [0.25, 0.3) is 11.2 Å². The number of fused-ring (bicyclic) bond motifs is 1. The third-order valence-corrected chi connectivity index (χ3v) is 2.94. The number of carbonyl (C=O) groups excluding carboxylic acids is 1. The maximum Gasteiger partial charge on any atom is 0.256 e. The third-order valence-electron chi connectivity index (χ3n) is 2.94. The third kappa shape index (κ3) is 2.11. The molecule has 3 rings (SSSR count). The summed E-state index contributed by atoms with van der Waals surface area (Å²) in [6.45, 7) is 1.78. The zero-order chi connectivity index (χ0) is 14.1. The van der Waals surface area contributed by atoms with Gasteiger partial charge in [-0.3, -0.25) is 4.79 Å². The fraction of sp³-hybridized carbons (Fsp3) is 0.143. The van der Waals surface area contributed by atoms with E-state index < -0.39 is 0 Å². The summed E-state index contributed by atoms with van der Waals surface area (Å²) in [7, 11) is 1.85. The first-order valence-electron chi connectivity index (χ1n) is 6.17. The Labute approximate surface area is 115 Å². The quantitative estimate of drug-likeness (QED) is 0.770. The van der Waals surface area contributed by atoms with Crippen molar-refractivity contribution in [3.8, 4) is 0 Å². The van der Waals surface area contributed by atoms with E-state index in [1.54, 1.807) is 30.0 Å². The van der Waals surface area contributed by atoms with E-state index >= 15 is 0 Å². The van der Waals surface area contributed by atoms with Gasteiger partial charge >= 0.3 is 0 Å².